The number of carbonyl (C=O) groups excluding carboxylic acids is 1. The minimum atomic E-state index is -0.768. The molecule has 2 amide bonds. The van der Waals surface area contributed by atoms with Gasteiger partial charge < -0.3 is 25.2 Å². The summed E-state index contributed by atoms with van der Waals surface area (Å²) in [6, 6.07) is 7.42. The Morgan fingerprint density at radius 3 is 2.92 bits per heavy atom. The molecule has 5 atom stereocenters. The summed E-state index contributed by atoms with van der Waals surface area (Å²) >= 11 is 0. The third-order valence-corrected chi connectivity index (χ3v) is 5.24. The van der Waals surface area contributed by atoms with Crippen LogP contribution in [0, 0.1) is 11.3 Å². The Morgan fingerprint density at radius 1 is 1.35 bits per heavy atom. The first-order chi connectivity index (χ1) is 12.7. The summed E-state index contributed by atoms with van der Waals surface area (Å²) < 4.78 is 11.6. The Morgan fingerprint density at radius 2 is 2.15 bits per heavy atom. The Balaban J connectivity index is 1.44. The van der Waals surface area contributed by atoms with Crippen LogP contribution in [0.5, 0.6) is 0 Å². The first kappa shape index (κ1) is 17.2. The number of likely N-dealkylation sites (tertiary alicyclic amines) is 1. The van der Waals surface area contributed by atoms with Crippen molar-refractivity contribution in [1.29, 1.82) is 5.26 Å². The number of hydrogen-bond acceptors (Lipinski definition) is 6. The minimum absolute atomic E-state index is 0.275. The highest BCUT2D eigenvalue weighted by Crippen LogP contribution is 2.33. The predicted octanol–water partition coefficient (Wildman–Crippen LogP) is 0.629. The van der Waals surface area contributed by atoms with Crippen LogP contribution in [0.4, 0.5) is 10.5 Å². The van der Waals surface area contributed by atoms with E-state index in [0.29, 0.717) is 17.9 Å². The summed E-state index contributed by atoms with van der Waals surface area (Å²) in [7, 11) is 0. The Bertz CT molecular complexity index is 713. The summed E-state index contributed by atoms with van der Waals surface area (Å²) in [6.07, 6.45) is 0.600. The van der Waals surface area contributed by atoms with E-state index in [9.17, 15) is 9.90 Å². The van der Waals surface area contributed by atoms with Crippen molar-refractivity contribution >= 4 is 11.7 Å². The number of nitrogens with zero attached hydrogens (tertiary/aromatic N) is 2. The molecule has 0 saturated carbocycles. The van der Waals surface area contributed by atoms with Crippen molar-refractivity contribution in [3.63, 3.8) is 0 Å². The maximum Gasteiger partial charge on any atom is 0.319 e. The van der Waals surface area contributed by atoms with Gasteiger partial charge in [0.15, 0.2) is 6.29 Å². The fourth-order valence-corrected chi connectivity index (χ4v) is 3.99. The zero-order chi connectivity index (χ0) is 18.1. The second-order valence-corrected chi connectivity index (χ2v) is 6.92. The first-order valence-electron chi connectivity index (χ1n) is 8.92. The molecule has 1 aromatic rings. The number of nitrogens with one attached hydrogen (secondary N) is 2. The van der Waals surface area contributed by atoms with Gasteiger partial charge in [-0.3, -0.25) is 4.90 Å². The maximum absolute atomic E-state index is 12.4. The Labute approximate surface area is 151 Å². The van der Waals surface area contributed by atoms with Crippen molar-refractivity contribution in [3.05, 3.63) is 29.8 Å². The van der Waals surface area contributed by atoms with Crippen LogP contribution in [-0.4, -0.2) is 66.3 Å². The van der Waals surface area contributed by atoms with Crippen molar-refractivity contribution in [3.8, 4) is 6.07 Å². The van der Waals surface area contributed by atoms with Gasteiger partial charge in [0.2, 0.25) is 0 Å². The number of anilines is 1. The molecule has 138 valence electrons. The molecule has 0 spiro atoms. The van der Waals surface area contributed by atoms with Gasteiger partial charge in [-0.2, -0.15) is 5.26 Å². The number of ether oxygens (including phenoxy) is 2. The normalized spacial score (nSPS) is 33.6. The molecule has 1 aromatic carbocycles. The number of fused-ring (bicyclic) bond motifs is 2. The van der Waals surface area contributed by atoms with Gasteiger partial charge in [0, 0.05) is 5.69 Å². The number of nitriles is 1. The lowest BCUT2D eigenvalue weighted by Gasteiger charge is -2.42. The number of hydrogen-bond donors (Lipinski definition) is 3. The van der Waals surface area contributed by atoms with Crippen LogP contribution in [0.2, 0.25) is 0 Å². The van der Waals surface area contributed by atoms with Gasteiger partial charge in [0.25, 0.3) is 0 Å². The molecule has 3 saturated heterocycles. The van der Waals surface area contributed by atoms with Crippen molar-refractivity contribution in [1.82, 2.24) is 10.2 Å². The molecule has 8 heteroatoms. The summed E-state index contributed by atoms with van der Waals surface area (Å²) in [5.41, 5.74) is 0.981. The van der Waals surface area contributed by atoms with Gasteiger partial charge in [-0.1, -0.05) is 6.07 Å². The predicted molar refractivity (Wildman–Crippen MR) is 92.3 cm³/mol. The van der Waals surface area contributed by atoms with E-state index in [1.807, 2.05) is 6.07 Å². The maximum atomic E-state index is 12.4. The van der Waals surface area contributed by atoms with E-state index in [0.717, 1.165) is 25.9 Å². The molecular weight excluding hydrogens is 336 g/mol. The lowest BCUT2D eigenvalue weighted by Crippen LogP contribution is -2.65. The molecular formula is C18H22N4O4. The average Bonchev–Trinajstić information content (AvgIpc) is 3.30. The van der Waals surface area contributed by atoms with Crippen molar-refractivity contribution in [2.45, 2.75) is 43.4 Å². The molecule has 3 heterocycles. The van der Waals surface area contributed by atoms with E-state index in [4.69, 9.17) is 14.7 Å². The van der Waals surface area contributed by atoms with E-state index in [-0.39, 0.29) is 12.1 Å². The first-order valence-corrected chi connectivity index (χ1v) is 8.92. The van der Waals surface area contributed by atoms with E-state index in [2.05, 4.69) is 15.5 Å². The molecule has 0 radical (unpaired) electrons. The highest BCUT2D eigenvalue weighted by molar-refractivity contribution is 5.89. The van der Waals surface area contributed by atoms with Gasteiger partial charge in [-0.05, 0) is 44.1 Å². The largest absolute Gasteiger partial charge is 0.389 e. The summed E-state index contributed by atoms with van der Waals surface area (Å²) in [5, 5.41) is 25.4. The smallest absolute Gasteiger partial charge is 0.319 e. The standard InChI is InChI=1S/C18H22N4O4/c19-9-11-4-3-5-12(8-11)20-18(24)21-14-13-10-25-17(26-13)15(16(14)23)22-6-1-2-7-22/h3-5,8,13-17,23H,1-2,6-7,10H2,(H2,20,21,24)/t13-,14-,15-,16+,17-/m1/s1. The van der Waals surface area contributed by atoms with Crippen LogP contribution in [0.3, 0.4) is 0 Å². The molecule has 26 heavy (non-hydrogen) atoms. The van der Waals surface area contributed by atoms with Crippen LogP contribution in [0.1, 0.15) is 18.4 Å². The van der Waals surface area contributed by atoms with Crippen LogP contribution >= 0.6 is 0 Å². The second kappa shape index (κ2) is 7.21. The zero-order valence-electron chi connectivity index (χ0n) is 14.3. The molecule has 3 aliphatic heterocycles. The topological polar surface area (TPSA) is 107 Å². The number of amides is 2. The summed E-state index contributed by atoms with van der Waals surface area (Å²) in [5.74, 6) is 0. The van der Waals surface area contributed by atoms with Crippen LogP contribution in [0.15, 0.2) is 24.3 Å². The number of urea groups is 1. The van der Waals surface area contributed by atoms with E-state index < -0.39 is 24.5 Å². The van der Waals surface area contributed by atoms with Crippen LogP contribution in [-0.2, 0) is 9.47 Å². The van der Waals surface area contributed by atoms with Gasteiger partial charge in [-0.15, -0.1) is 0 Å². The Kier molecular flexibility index (Phi) is 4.78. The minimum Gasteiger partial charge on any atom is -0.389 e. The highest BCUT2D eigenvalue weighted by atomic mass is 16.7. The van der Waals surface area contributed by atoms with Gasteiger partial charge in [0.1, 0.15) is 6.10 Å². The van der Waals surface area contributed by atoms with Gasteiger partial charge in [0.05, 0.1) is 36.4 Å². The van der Waals surface area contributed by atoms with Crippen molar-refractivity contribution in [2.75, 3.05) is 25.0 Å². The molecule has 0 unspecified atom stereocenters. The summed E-state index contributed by atoms with van der Waals surface area (Å²) in [6.45, 7) is 2.14. The summed E-state index contributed by atoms with van der Waals surface area (Å²) in [4.78, 5) is 14.6. The van der Waals surface area contributed by atoms with Gasteiger partial charge >= 0.3 is 6.03 Å². The second-order valence-electron chi connectivity index (χ2n) is 6.92. The third kappa shape index (κ3) is 3.27. The van der Waals surface area contributed by atoms with Crippen LogP contribution in [0.25, 0.3) is 0 Å². The van der Waals surface area contributed by atoms with E-state index >= 15 is 0 Å². The number of aliphatic hydroxyl groups excluding tert-OH is 1. The van der Waals surface area contributed by atoms with Crippen molar-refractivity contribution in [2.24, 2.45) is 0 Å². The molecule has 3 aliphatic rings. The number of aliphatic hydroxyl groups is 1. The lowest BCUT2D eigenvalue weighted by molar-refractivity contribution is -0.177. The third-order valence-electron chi connectivity index (χ3n) is 5.24. The molecule has 8 nitrogen and oxygen atoms in total. The number of benzene rings is 1. The fraction of sp³-hybridized carbons (Fsp3) is 0.556. The zero-order valence-corrected chi connectivity index (χ0v) is 14.3. The molecule has 2 bridgehead atoms. The van der Waals surface area contributed by atoms with E-state index in [1.54, 1.807) is 24.3 Å². The molecule has 3 N–H and O–H groups in total. The number of carbonyl (C=O) groups is 1. The quantitative estimate of drug-likeness (QED) is 0.732. The molecule has 0 aromatic heterocycles. The monoisotopic (exact) mass is 358 g/mol. The lowest BCUT2D eigenvalue weighted by atomic mass is 9.95. The average molecular weight is 358 g/mol. The number of rotatable bonds is 3. The Hall–Kier alpha value is -2.18. The van der Waals surface area contributed by atoms with Crippen molar-refractivity contribution < 1.29 is 19.4 Å². The molecule has 4 rings (SSSR count). The SMILES string of the molecule is N#Cc1cccc(NC(=O)N[C@H]2[C@H](O)[C@@H](N3CCCC3)[C@@H]3OC[C@H]2O3)c1. The fourth-order valence-electron chi connectivity index (χ4n) is 3.99. The molecule has 3 fully saturated rings. The van der Waals surface area contributed by atoms with Gasteiger partial charge in [-0.25, -0.2) is 4.79 Å². The van der Waals surface area contributed by atoms with E-state index in [1.165, 1.54) is 0 Å². The van der Waals surface area contributed by atoms with Crippen LogP contribution < -0.4 is 10.6 Å². The molecule has 0 aliphatic carbocycles. The highest BCUT2D eigenvalue weighted by Gasteiger charge is 2.52.